The van der Waals surface area contributed by atoms with Crippen LogP contribution in [-0.2, 0) is 22.6 Å². The molecule has 0 aliphatic rings. The molecule has 2 aromatic rings. The first-order chi connectivity index (χ1) is 11.8. The third-order valence-electron chi connectivity index (χ3n) is 3.54. The number of aryl methyl sites for hydroxylation is 1. The first-order valence-corrected chi connectivity index (χ1v) is 7.54. The van der Waals surface area contributed by atoms with E-state index >= 15 is 0 Å². The van der Waals surface area contributed by atoms with Crippen LogP contribution in [0.3, 0.4) is 0 Å². The summed E-state index contributed by atoms with van der Waals surface area (Å²) in [6, 6.07) is 13.4. The van der Waals surface area contributed by atoms with E-state index in [2.05, 4.69) is 5.32 Å². The number of rotatable bonds is 5. The monoisotopic (exact) mass is 350 g/mol. The Morgan fingerprint density at radius 2 is 1.76 bits per heavy atom. The van der Waals surface area contributed by atoms with Crippen LogP contribution in [0.4, 0.5) is 18.9 Å². The van der Waals surface area contributed by atoms with E-state index in [1.807, 2.05) is 31.2 Å². The highest BCUT2D eigenvalue weighted by molar-refractivity contribution is 5.94. The molecule has 0 spiro atoms. The summed E-state index contributed by atoms with van der Waals surface area (Å²) in [5.41, 5.74) is 2.52. The summed E-state index contributed by atoms with van der Waals surface area (Å²) < 4.78 is 36.8. The number of hydrogen-bond acceptors (Lipinski definition) is 2. The van der Waals surface area contributed by atoms with Crippen LogP contribution in [0.1, 0.15) is 16.7 Å². The van der Waals surface area contributed by atoms with Crippen molar-refractivity contribution in [1.82, 2.24) is 5.32 Å². The smallest absolute Gasteiger partial charge is 0.352 e. The minimum Gasteiger partial charge on any atom is -0.352 e. The first-order valence-electron chi connectivity index (χ1n) is 7.54. The molecular formula is C18H17F3N2O2. The molecule has 2 aromatic carbocycles. The number of hydrogen-bond donors (Lipinski definition) is 2. The van der Waals surface area contributed by atoms with E-state index in [0.717, 1.165) is 11.1 Å². The highest BCUT2D eigenvalue weighted by Crippen LogP contribution is 2.19. The van der Waals surface area contributed by atoms with Gasteiger partial charge in [0.15, 0.2) is 0 Å². The van der Waals surface area contributed by atoms with E-state index in [4.69, 9.17) is 0 Å². The van der Waals surface area contributed by atoms with Gasteiger partial charge in [-0.3, -0.25) is 9.59 Å². The second-order valence-electron chi connectivity index (χ2n) is 5.53. The maximum Gasteiger partial charge on any atom is 0.471 e. The van der Waals surface area contributed by atoms with E-state index < -0.39 is 12.1 Å². The molecule has 0 unspecified atom stereocenters. The Balaban J connectivity index is 1.93. The van der Waals surface area contributed by atoms with Gasteiger partial charge in [0.25, 0.3) is 0 Å². The average molecular weight is 350 g/mol. The molecule has 0 fully saturated rings. The van der Waals surface area contributed by atoms with Gasteiger partial charge in [0, 0.05) is 12.2 Å². The van der Waals surface area contributed by atoms with Crippen LogP contribution in [0.25, 0.3) is 0 Å². The lowest BCUT2D eigenvalue weighted by Crippen LogP contribution is -2.30. The van der Waals surface area contributed by atoms with Crippen molar-refractivity contribution in [3.05, 3.63) is 65.2 Å². The molecule has 0 heterocycles. The Hall–Kier alpha value is -2.83. The predicted molar refractivity (Wildman–Crippen MR) is 87.9 cm³/mol. The first kappa shape index (κ1) is 18.5. The summed E-state index contributed by atoms with van der Waals surface area (Å²) in [4.78, 5) is 22.9. The Labute approximate surface area is 143 Å². The number of amides is 2. The van der Waals surface area contributed by atoms with Crippen molar-refractivity contribution in [1.29, 1.82) is 0 Å². The molecular weight excluding hydrogens is 333 g/mol. The maximum absolute atomic E-state index is 12.3. The predicted octanol–water partition coefficient (Wildman–Crippen LogP) is 3.35. The van der Waals surface area contributed by atoms with Crippen LogP contribution in [0.15, 0.2) is 48.5 Å². The van der Waals surface area contributed by atoms with Crippen molar-refractivity contribution in [2.24, 2.45) is 0 Å². The van der Waals surface area contributed by atoms with Crippen molar-refractivity contribution in [2.75, 3.05) is 5.32 Å². The summed E-state index contributed by atoms with van der Waals surface area (Å²) in [6.45, 7) is 2.07. The lowest BCUT2D eigenvalue weighted by Gasteiger charge is -2.10. The van der Waals surface area contributed by atoms with E-state index in [1.165, 1.54) is 18.2 Å². The van der Waals surface area contributed by atoms with E-state index in [-0.39, 0.29) is 24.6 Å². The van der Waals surface area contributed by atoms with Gasteiger partial charge in [-0.15, -0.1) is 0 Å². The highest BCUT2D eigenvalue weighted by Gasteiger charge is 2.38. The van der Waals surface area contributed by atoms with Crippen molar-refractivity contribution in [3.8, 4) is 0 Å². The lowest BCUT2D eigenvalue weighted by molar-refractivity contribution is -0.167. The van der Waals surface area contributed by atoms with Gasteiger partial charge >= 0.3 is 12.1 Å². The molecule has 4 nitrogen and oxygen atoms in total. The zero-order valence-corrected chi connectivity index (χ0v) is 13.5. The fraction of sp³-hybridized carbons (Fsp3) is 0.222. The molecule has 0 aliphatic heterocycles. The number of nitrogens with one attached hydrogen (secondary N) is 2. The molecule has 25 heavy (non-hydrogen) atoms. The number of carbonyl (C=O) groups is 2. The summed E-state index contributed by atoms with van der Waals surface area (Å²) >= 11 is 0. The van der Waals surface area contributed by atoms with E-state index in [9.17, 15) is 22.8 Å². The number of carbonyl (C=O) groups excluding carboxylic acids is 2. The standard InChI is InChI=1S/C18H17F3N2O2/c1-12-5-2-3-7-14(12)10-16(24)22-11-13-6-4-8-15(9-13)23-17(25)18(19,20)21/h2-9H,10-11H2,1H3,(H,22,24)(H,23,25). The number of anilines is 1. The van der Waals surface area contributed by atoms with Gasteiger partial charge < -0.3 is 10.6 Å². The Morgan fingerprint density at radius 1 is 1.04 bits per heavy atom. The molecule has 0 atom stereocenters. The second-order valence-corrected chi connectivity index (χ2v) is 5.53. The Kier molecular flexibility index (Phi) is 5.80. The van der Waals surface area contributed by atoms with Crippen molar-refractivity contribution in [2.45, 2.75) is 26.1 Å². The van der Waals surface area contributed by atoms with Crippen molar-refractivity contribution in [3.63, 3.8) is 0 Å². The fourth-order valence-corrected chi connectivity index (χ4v) is 2.21. The van der Waals surface area contributed by atoms with Gasteiger partial charge in [-0.2, -0.15) is 13.2 Å². The minimum absolute atomic E-state index is 0.0213. The molecule has 0 radical (unpaired) electrons. The molecule has 0 aliphatic carbocycles. The minimum atomic E-state index is -4.95. The average Bonchev–Trinajstić information content (AvgIpc) is 2.55. The van der Waals surface area contributed by atoms with Gasteiger partial charge in [0.1, 0.15) is 0 Å². The molecule has 2 amide bonds. The normalized spacial score (nSPS) is 11.0. The molecule has 2 N–H and O–H groups in total. The van der Waals surface area contributed by atoms with Gasteiger partial charge in [-0.1, -0.05) is 36.4 Å². The maximum atomic E-state index is 12.3. The fourth-order valence-electron chi connectivity index (χ4n) is 2.21. The molecule has 0 aromatic heterocycles. The van der Waals surface area contributed by atoms with Crippen molar-refractivity contribution < 1.29 is 22.8 Å². The largest absolute Gasteiger partial charge is 0.471 e. The van der Waals surface area contributed by atoms with Crippen LogP contribution >= 0.6 is 0 Å². The van der Waals surface area contributed by atoms with Gasteiger partial charge in [0.05, 0.1) is 6.42 Å². The topological polar surface area (TPSA) is 58.2 Å². The van der Waals surface area contributed by atoms with Gasteiger partial charge in [-0.05, 0) is 35.7 Å². The van der Waals surface area contributed by atoms with Crippen molar-refractivity contribution >= 4 is 17.5 Å². The van der Waals surface area contributed by atoms with Crippen LogP contribution in [-0.4, -0.2) is 18.0 Å². The zero-order chi connectivity index (χ0) is 18.4. The molecule has 0 saturated heterocycles. The Morgan fingerprint density at radius 3 is 2.44 bits per heavy atom. The number of alkyl halides is 3. The second kappa shape index (κ2) is 7.83. The third-order valence-corrected chi connectivity index (χ3v) is 3.54. The van der Waals surface area contributed by atoms with Crippen LogP contribution in [0.2, 0.25) is 0 Å². The zero-order valence-electron chi connectivity index (χ0n) is 13.5. The molecule has 2 rings (SSSR count). The molecule has 132 valence electrons. The number of halogens is 3. The van der Waals surface area contributed by atoms with Gasteiger partial charge in [-0.25, -0.2) is 0 Å². The molecule has 0 saturated carbocycles. The summed E-state index contributed by atoms with van der Waals surface area (Å²) in [6.07, 6.45) is -4.73. The summed E-state index contributed by atoms with van der Waals surface area (Å²) in [7, 11) is 0. The Bertz CT molecular complexity index is 773. The SMILES string of the molecule is Cc1ccccc1CC(=O)NCc1cccc(NC(=O)C(F)(F)F)c1. The summed E-state index contributed by atoms with van der Waals surface area (Å²) in [5.74, 6) is -2.23. The third kappa shape index (κ3) is 5.63. The molecule has 0 bridgehead atoms. The van der Waals surface area contributed by atoms with Crippen LogP contribution < -0.4 is 10.6 Å². The van der Waals surface area contributed by atoms with Crippen LogP contribution in [0, 0.1) is 6.92 Å². The summed E-state index contributed by atoms with van der Waals surface area (Å²) in [5, 5.41) is 4.49. The van der Waals surface area contributed by atoms with Crippen LogP contribution in [0.5, 0.6) is 0 Å². The number of benzene rings is 2. The lowest BCUT2D eigenvalue weighted by atomic mass is 10.1. The van der Waals surface area contributed by atoms with E-state index in [0.29, 0.717) is 5.56 Å². The van der Waals surface area contributed by atoms with E-state index in [1.54, 1.807) is 11.4 Å². The quantitative estimate of drug-likeness (QED) is 0.869. The highest BCUT2D eigenvalue weighted by atomic mass is 19.4. The molecule has 7 heteroatoms. The van der Waals surface area contributed by atoms with Gasteiger partial charge in [0.2, 0.25) is 5.91 Å².